The highest BCUT2D eigenvalue weighted by Gasteiger charge is 2.32. The molecule has 1 aromatic carbocycles. The molecule has 1 aromatic rings. The molecule has 1 aliphatic rings. The van der Waals surface area contributed by atoms with Gasteiger partial charge in [-0.2, -0.15) is 0 Å². The van der Waals surface area contributed by atoms with E-state index in [9.17, 15) is 4.21 Å². The second kappa shape index (κ2) is 8.41. The Hall–Kier alpha value is 0.0200. The van der Waals surface area contributed by atoms with E-state index in [-0.39, 0.29) is 17.0 Å². The lowest BCUT2D eigenvalue weighted by Gasteiger charge is -2.36. The molecular weight excluding hydrogens is 421 g/mol. The number of alkyl halides is 1. The molecule has 1 heterocycles. The summed E-state index contributed by atoms with van der Waals surface area (Å²) in [7, 11) is -1.05. The number of hydrogen-bond acceptors (Lipinski definition) is 2. The molecule has 4 atom stereocenters. The summed E-state index contributed by atoms with van der Waals surface area (Å²) in [5, 5.41) is 0. The maximum absolute atomic E-state index is 13.0. The van der Waals surface area contributed by atoms with E-state index in [4.69, 9.17) is 4.74 Å². The van der Waals surface area contributed by atoms with Crippen molar-refractivity contribution in [2.24, 2.45) is 0 Å². The standard InChI is InChI=1S/C18H28INO2S/c1-14-17(19)11-10-16(22-14)13-20(23(21)18(2,3)4)12-15-8-6-5-7-9-15/h5-9,14,16-17H,10-13H2,1-4H3. The largest absolute Gasteiger partial charge is 0.373 e. The summed E-state index contributed by atoms with van der Waals surface area (Å²) in [5.74, 6) is 0. The number of benzene rings is 1. The Balaban J connectivity index is 2.09. The molecule has 2 rings (SSSR count). The zero-order valence-electron chi connectivity index (χ0n) is 14.5. The van der Waals surface area contributed by atoms with Gasteiger partial charge in [0.05, 0.1) is 17.0 Å². The van der Waals surface area contributed by atoms with Gasteiger partial charge < -0.3 is 4.74 Å². The lowest BCUT2D eigenvalue weighted by Crippen LogP contribution is -2.45. The molecule has 0 spiro atoms. The average Bonchev–Trinajstić information content (AvgIpc) is 2.49. The van der Waals surface area contributed by atoms with Crippen LogP contribution >= 0.6 is 22.6 Å². The second-order valence-electron chi connectivity index (χ2n) is 7.23. The average molecular weight is 449 g/mol. The van der Waals surface area contributed by atoms with Crippen molar-refractivity contribution in [3.8, 4) is 0 Å². The monoisotopic (exact) mass is 449 g/mol. The molecule has 0 saturated carbocycles. The summed E-state index contributed by atoms with van der Waals surface area (Å²) < 4.78 is 21.5. The van der Waals surface area contributed by atoms with Crippen LogP contribution in [-0.2, 0) is 22.3 Å². The van der Waals surface area contributed by atoms with Crippen molar-refractivity contribution in [3.63, 3.8) is 0 Å². The molecule has 0 amide bonds. The molecule has 1 aliphatic heterocycles. The molecular formula is C18H28INO2S. The van der Waals surface area contributed by atoms with Crippen LogP contribution in [-0.4, -0.2) is 35.9 Å². The first kappa shape index (κ1) is 19.3. The van der Waals surface area contributed by atoms with Crippen molar-refractivity contribution in [2.45, 2.75) is 68.0 Å². The molecule has 0 aliphatic carbocycles. The topological polar surface area (TPSA) is 29.5 Å². The minimum absolute atomic E-state index is 0.172. The molecule has 0 N–H and O–H groups in total. The van der Waals surface area contributed by atoms with Crippen molar-refractivity contribution in [3.05, 3.63) is 35.9 Å². The first-order chi connectivity index (χ1) is 10.8. The second-order valence-corrected chi connectivity index (χ2v) is 11.1. The van der Waals surface area contributed by atoms with E-state index < -0.39 is 11.0 Å². The summed E-state index contributed by atoms with van der Waals surface area (Å²) in [5.41, 5.74) is 1.20. The molecule has 23 heavy (non-hydrogen) atoms. The van der Waals surface area contributed by atoms with Crippen molar-refractivity contribution >= 4 is 33.6 Å². The third-order valence-corrected chi connectivity index (χ3v) is 7.48. The maximum Gasteiger partial charge on any atom is 0.100 e. The predicted octanol–water partition coefficient (Wildman–Crippen LogP) is 4.32. The zero-order valence-corrected chi connectivity index (χ0v) is 17.5. The first-order valence-corrected chi connectivity index (χ1v) is 10.6. The van der Waals surface area contributed by atoms with Gasteiger partial charge in [-0.15, -0.1) is 0 Å². The highest BCUT2D eigenvalue weighted by molar-refractivity contribution is 14.1. The van der Waals surface area contributed by atoms with E-state index in [1.807, 2.05) is 39.0 Å². The molecule has 1 fully saturated rings. The molecule has 1 saturated heterocycles. The van der Waals surface area contributed by atoms with Gasteiger partial charge in [0.1, 0.15) is 11.0 Å². The quantitative estimate of drug-likeness (QED) is 0.495. The van der Waals surface area contributed by atoms with Gasteiger partial charge in [-0.25, -0.2) is 8.51 Å². The van der Waals surface area contributed by atoms with Crippen molar-refractivity contribution < 1.29 is 8.95 Å². The van der Waals surface area contributed by atoms with Gasteiger partial charge in [-0.3, -0.25) is 0 Å². The summed E-state index contributed by atoms with van der Waals surface area (Å²) >= 11 is 2.47. The minimum atomic E-state index is -1.05. The Morgan fingerprint density at radius 1 is 1.26 bits per heavy atom. The lowest BCUT2D eigenvalue weighted by molar-refractivity contribution is -0.0393. The number of hydrogen-bond donors (Lipinski definition) is 0. The van der Waals surface area contributed by atoms with Crippen molar-refractivity contribution in [1.82, 2.24) is 4.31 Å². The highest BCUT2D eigenvalue weighted by Crippen LogP contribution is 2.27. The Labute approximate surface area is 156 Å². The van der Waals surface area contributed by atoms with Crippen LogP contribution in [0.25, 0.3) is 0 Å². The Bertz CT molecular complexity index is 518. The number of halogens is 1. The third kappa shape index (κ3) is 5.80. The van der Waals surface area contributed by atoms with Gasteiger partial charge >= 0.3 is 0 Å². The molecule has 4 unspecified atom stereocenters. The number of nitrogens with zero attached hydrogens (tertiary/aromatic N) is 1. The van der Waals surface area contributed by atoms with Crippen LogP contribution in [0.3, 0.4) is 0 Å². The summed E-state index contributed by atoms with van der Waals surface area (Å²) in [6.45, 7) is 9.68. The van der Waals surface area contributed by atoms with E-state index in [2.05, 4.69) is 46.0 Å². The van der Waals surface area contributed by atoms with E-state index >= 15 is 0 Å². The van der Waals surface area contributed by atoms with Crippen LogP contribution in [0.2, 0.25) is 0 Å². The SMILES string of the molecule is CC1OC(CN(Cc2ccccc2)S(=O)C(C)(C)C)CCC1I. The molecule has 0 bridgehead atoms. The molecule has 5 heteroatoms. The van der Waals surface area contributed by atoms with Gasteiger partial charge in [0.25, 0.3) is 0 Å². The summed E-state index contributed by atoms with van der Waals surface area (Å²) in [6.07, 6.45) is 2.67. The lowest BCUT2D eigenvalue weighted by atomic mass is 10.0. The Kier molecular flexibility index (Phi) is 7.07. The van der Waals surface area contributed by atoms with E-state index in [0.717, 1.165) is 13.0 Å². The summed E-state index contributed by atoms with van der Waals surface area (Å²) in [6, 6.07) is 10.3. The van der Waals surface area contributed by atoms with Crippen LogP contribution in [0, 0.1) is 0 Å². The van der Waals surface area contributed by atoms with Crippen LogP contribution in [0.1, 0.15) is 46.1 Å². The smallest absolute Gasteiger partial charge is 0.100 e. The first-order valence-electron chi connectivity index (χ1n) is 8.28. The normalized spacial score (nSPS) is 27.1. The fourth-order valence-electron chi connectivity index (χ4n) is 2.76. The number of ether oxygens (including phenoxy) is 1. The molecule has 3 nitrogen and oxygen atoms in total. The summed E-state index contributed by atoms with van der Waals surface area (Å²) in [4.78, 5) is 0. The molecule has 0 aromatic heterocycles. The van der Waals surface area contributed by atoms with Crippen molar-refractivity contribution in [2.75, 3.05) is 6.54 Å². The van der Waals surface area contributed by atoms with E-state index in [1.54, 1.807) is 0 Å². The van der Waals surface area contributed by atoms with Gasteiger partial charge in [0.2, 0.25) is 0 Å². The Morgan fingerprint density at radius 2 is 1.91 bits per heavy atom. The van der Waals surface area contributed by atoms with Crippen LogP contribution in [0.15, 0.2) is 30.3 Å². The molecule has 130 valence electrons. The zero-order chi connectivity index (χ0) is 17.0. The van der Waals surface area contributed by atoms with Gasteiger partial charge in [-0.1, -0.05) is 52.9 Å². The molecule has 0 radical (unpaired) electrons. The van der Waals surface area contributed by atoms with Crippen molar-refractivity contribution in [1.29, 1.82) is 0 Å². The van der Waals surface area contributed by atoms with E-state index in [1.165, 1.54) is 12.0 Å². The Morgan fingerprint density at radius 3 is 2.48 bits per heavy atom. The van der Waals surface area contributed by atoms with Gasteiger partial charge in [-0.05, 0) is 46.1 Å². The fourth-order valence-corrected chi connectivity index (χ4v) is 4.64. The van der Waals surface area contributed by atoms with Crippen LogP contribution in [0.5, 0.6) is 0 Å². The minimum Gasteiger partial charge on any atom is -0.373 e. The van der Waals surface area contributed by atoms with Gasteiger partial charge in [0, 0.05) is 17.0 Å². The predicted molar refractivity (Wildman–Crippen MR) is 106 cm³/mol. The fraction of sp³-hybridized carbons (Fsp3) is 0.667. The van der Waals surface area contributed by atoms with E-state index in [0.29, 0.717) is 10.5 Å². The highest BCUT2D eigenvalue weighted by atomic mass is 127. The van der Waals surface area contributed by atoms with Gasteiger partial charge in [0.15, 0.2) is 0 Å². The van der Waals surface area contributed by atoms with Crippen LogP contribution < -0.4 is 0 Å². The number of rotatable bonds is 5. The van der Waals surface area contributed by atoms with Crippen LogP contribution in [0.4, 0.5) is 0 Å². The third-order valence-electron chi connectivity index (χ3n) is 4.05. The maximum atomic E-state index is 13.0.